The summed E-state index contributed by atoms with van der Waals surface area (Å²) in [6, 6.07) is 7.25. The Balaban J connectivity index is 2.67. The van der Waals surface area contributed by atoms with Gasteiger partial charge in [-0.25, -0.2) is 0 Å². The van der Waals surface area contributed by atoms with E-state index in [0.717, 1.165) is 18.4 Å². The first-order valence-electron chi connectivity index (χ1n) is 6.19. The first-order valence-corrected chi connectivity index (χ1v) is 7.77. The van der Waals surface area contributed by atoms with Gasteiger partial charge in [-0.2, -0.15) is 8.42 Å². The van der Waals surface area contributed by atoms with E-state index >= 15 is 0 Å². The molecule has 0 unspecified atom stereocenters. The molecule has 0 saturated heterocycles. The molecule has 1 rings (SSSR count). The van der Waals surface area contributed by atoms with E-state index in [2.05, 4.69) is 13.5 Å². The molecule has 0 aliphatic heterocycles. The zero-order chi connectivity index (χ0) is 13.4. The molecule has 18 heavy (non-hydrogen) atoms. The summed E-state index contributed by atoms with van der Waals surface area (Å²) >= 11 is 0. The predicted octanol–water partition coefficient (Wildman–Crippen LogP) is 3.31. The van der Waals surface area contributed by atoms with E-state index in [-0.39, 0.29) is 5.75 Å². The van der Waals surface area contributed by atoms with Crippen LogP contribution in [0.25, 0.3) is 0 Å². The van der Waals surface area contributed by atoms with Crippen LogP contribution in [0.2, 0.25) is 0 Å². The third-order valence-corrected chi connectivity index (χ3v) is 3.60. The Labute approximate surface area is 110 Å². The van der Waals surface area contributed by atoms with E-state index in [1.807, 2.05) is 12.1 Å². The molecule has 0 aliphatic carbocycles. The summed E-state index contributed by atoms with van der Waals surface area (Å²) in [7, 11) is -3.54. The third kappa shape index (κ3) is 5.36. The Morgan fingerprint density at radius 3 is 2.78 bits per heavy atom. The van der Waals surface area contributed by atoms with Gasteiger partial charge in [-0.1, -0.05) is 38.0 Å². The second-order valence-electron chi connectivity index (χ2n) is 4.20. The molecule has 0 bridgehead atoms. The monoisotopic (exact) mass is 268 g/mol. The fraction of sp³-hybridized carbons (Fsp3) is 0.429. The summed E-state index contributed by atoms with van der Waals surface area (Å²) < 4.78 is 27.9. The molecule has 0 aliphatic rings. The van der Waals surface area contributed by atoms with Gasteiger partial charge in [-0.3, -0.25) is 0 Å². The van der Waals surface area contributed by atoms with E-state index in [1.54, 1.807) is 12.1 Å². The molecule has 1 aromatic rings. The van der Waals surface area contributed by atoms with Gasteiger partial charge in [-0.15, -0.1) is 6.58 Å². The Kier molecular flexibility index (Phi) is 5.92. The van der Waals surface area contributed by atoms with Crippen molar-refractivity contribution >= 4 is 10.1 Å². The van der Waals surface area contributed by atoms with Crippen molar-refractivity contribution in [3.05, 3.63) is 42.5 Å². The van der Waals surface area contributed by atoms with Gasteiger partial charge in [0.15, 0.2) is 0 Å². The lowest BCUT2D eigenvalue weighted by Gasteiger charge is -2.07. The summed E-state index contributed by atoms with van der Waals surface area (Å²) in [4.78, 5) is 0. The zero-order valence-electron chi connectivity index (χ0n) is 10.8. The lowest BCUT2D eigenvalue weighted by Crippen LogP contribution is -2.12. The van der Waals surface area contributed by atoms with Gasteiger partial charge >= 0.3 is 10.1 Å². The molecule has 3 nitrogen and oxygen atoms in total. The highest BCUT2D eigenvalue weighted by Crippen LogP contribution is 2.17. The quantitative estimate of drug-likeness (QED) is 0.413. The van der Waals surface area contributed by atoms with Crippen LogP contribution in [-0.4, -0.2) is 14.2 Å². The minimum Gasteiger partial charge on any atom is -0.382 e. The average Bonchev–Trinajstić information content (AvgIpc) is 2.29. The Hall–Kier alpha value is -1.29. The molecule has 0 atom stereocenters. The van der Waals surface area contributed by atoms with Gasteiger partial charge in [0.25, 0.3) is 0 Å². The molecule has 0 saturated carbocycles. The van der Waals surface area contributed by atoms with Gasteiger partial charge < -0.3 is 4.18 Å². The highest BCUT2D eigenvalue weighted by Gasteiger charge is 2.10. The molecule has 4 heteroatoms. The van der Waals surface area contributed by atoms with Crippen LogP contribution >= 0.6 is 0 Å². The van der Waals surface area contributed by atoms with Crippen LogP contribution in [0.5, 0.6) is 5.75 Å². The summed E-state index contributed by atoms with van der Waals surface area (Å²) in [5.41, 5.74) is 1.11. The van der Waals surface area contributed by atoms with E-state index in [0.29, 0.717) is 5.75 Å². The zero-order valence-corrected chi connectivity index (χ0v) is 11.6. The van der Waals surface area contributed by atoms with Gasteiger partial charge in [0.05, 0.1) is 0 Å². The van der Waals surface area contributed by atoms with Crippen LogP contribution in [0.4, 0.5) is 0 Å². The van der Waals surface area contributed by atoms with Gasteiger partial charge in [0.2, 0.25) is 0 Å². The van der Waals surface area contributed by atoms with Crippen LogP contribution in [0.3, 0.4) is 0 Å². The molecule has 0 heterocycles. The van der Waals surface area contributed by atoms with Crippen LogP contribution in [0.15, 0.2) is 36.9 Å². The fourth-order valence-electron chi connectivity index (χ4n) is 1.66. The van der Waals surface area contributed by atoms with Crippen molar-refractivity contribution in [1.82, 2.24) is 0 Å². The van der Waals surface area contributed by atoms with E-state index < -0.39 is 10.1 Å². The van der Waals surface area contributed by atoms with Crippen molar-refractivity contribution in [3.8, 4) is 5.75 Å². The van der Waals surface area contributed by atoms with Crippen molar-refractivity contribution < 1.29 is 12.6 Å². The van der Waals surface area contributed by atoms with Crippen LogP contribution < -0.4 is 4.18 Å². The molecule has 0 N–H and O–H groups in total. The Morgan fingerprint density at radius 1 is 1.33 bits per heavy atom. The molecule has 0 radical (unpaired) electrons. The molecule has 0 spiro atoms. The molecule has 0 aromatic heterocycles. The van der Waals surface area contributed by atoms with Crippen molar-refractivity contribution in [2.75, 3.05) is 5.75 Å². The molecule has 0 fully saturated rings. The lowest BCUT2D eigenvalue weighted by molar-refractivity contribution is 0.489. The van der Waals surface area contributed by atoms with E-state index in [1.165, 1.54) is 18.9 Å². The number of hydrogen-bond donors (Lipinski definition) is 0. The highest BCUT2D eigenvalue weighted by atomic mass is 32.2. The first-order chi connectivity index (χ1) is 8.57. The van der Waals surface area contributed by atoms with Crippen molar-refractivity contribution in [3.63, 3.8) is 0 Å². The second kappa shape index (κ2) is 7.21. The van der Waals surface area contributed by atoms with Crippen molar-refractivity contribution in [1.29, 1.82) is 0 Å². The van der Waals surface area contributed by atoms with E-state index in [4.69, 9.17) is 4.18 Å². The maximum atomic E-state index is 11.5. The fourth-order valence-corrected chi connectivity index (χ4v) is 2.41. The number of rotatable bonds is 8. The predicted molar refractivity (Wildman–Crippen MR) is 74.3 cm³/mol. The largest absolute Gasteiger partial charge is 0.382 e. The summed E-state index contributed by atoms with van der Waals surface area (Å²) in [5.74, 6) is 0.207. The minimum atomic E-state index is -3.54. The number of benzene rings is 1. The van der Waals surface area contributed by atoms with Gasteiger partial charge in [0, 0.05) is 0 Å². The lowest BCUT2D eigenvalue weighted by atomic mass is 10.1. The summed E-state index contributed by atoms with van der Waals surface area (Å²) in [5, 5.41) is 0. The minimum absolute atomic E-state index is 0.174. The number of aryl methyl sites for hydroxylation is 1. The topological polar surface area (TPSA) is 43.4 Å². The molecular formula is C14H20O3S. The standard InChI is InChI=1S/C14H20O3S/c1-3-5-6-8-13-9-7-10-14(12-13)17-18(15,16)11-4-2/h4,7,9-10,12H,2-3,5-6,8,11H2,1H3. The first kappa shape index (κ1) is 14.8. The normalized spacial score (nSPS) is 11.2. The highest BCUT2D eigenvalue weighted by molar-refractivity contribution is 7.87. The average molecular weight is 268 g/mol. The SMILES string of the molecule is C=CCS(=O)(=O)Oc1cccc(CCCCC)c1. The maximum absolute atomic E-state index is 11.5. The van der Waals surface area contributed by atoms with Crippen LogP contribution in [-0.2, 0) is 16.5 Å². The second-order valence-corrected chi connectivity index (χ2v) is 5.82. The van der Waals surface area contributed by atoms with E-state index in [9.17, 15) is 8.42 Å². The number of hydrogen-bond acceptors (Lipinski definition) is 3. The van der Waals surface area contributed by atoms with Crippen molar-refractivity contribution in [2.45, 2.75) is 32.6 Å². The van der Waals surface area contributed by atoms with Crippen LogP contribution in [0, 0.1) is 0 Å². The van der Waals surface area contributed by atoms with Crippen molar-refractivity contribution in [2.24, 2.45) is 0 Å². The van der Waals surface area contributed by atoms with Crippen LogP contribution in [0.1, 0.15) is 31.7 Å². The molecule has 1 aromatic carbocycles. The summed E-state index contributed by atoms with van der Waals surface area (Å²) in [6.07, 6.45) is 5.73. The smallest absolute Gasteiger partial charge is 0.312 e. The molecule has 0 amide bonds. The van der Waals surface area contributed by atoms with Gasteiger partial charge in [-0.05, 0) is 30.5 Å². The molecular weight excluding hydrogens is 248 g/mol. The van der Waals surface area contributed by atoms with Gasteiger partial charge in [0.1, 0.15) is 11.5 Å². The summed E-state index contributed by atoms with van der Waals surface area (Å²) in [6.45, 7) is 5.55. The molecule has 100 valence electrons. The number of unbranched alkanes of at least 4 members (excludes halogenated alkanes) is 2. The Bertz CT molecular complexity index is 478. The third-order valence-electron chi connectivity index (χ3n) is 2.51. The maximum Gasteiger partial charge on any atom is 0.312 e. The Morgan fingerprint density at radius 2 is 2.11 bits per heavy atom.